The molecule has 160 valence electrons. The lowest BCUT2D eigenvalue weighted by Crippen LogP contribution is -2.37. The number of halogens is 1. The normalized spacial score (nSPS) is 15.7. The predicted octanol–water partition coefficient (Wildman–Crippen LogP) is 4.12. The Morgan fingerprint density at radius 2 is 2.00 bits per heavy atom. The van der Waals surface area contributed by atoms with Gasteiger partial charge in [0.15, 0.2) is 0 Å². The lowest BCUT2D eigenvalue weighted by molar-refractivity contribution is 0.0718. The molecule has 1 fully saturated rings. The van der Waals surface area contributed by atoms with E-state index < -0.39 is 10.0 Å². The molecule has 1 amide bonds. The monoisotopic (exact) mass is 483 g/mol. The number of amides is 1. The van der Waals surface area contributed by atoms with E-state index in [0.29, 0.717) is 41.9 Å². The third kappa shape index (κ3) is 5.20. The highest BCUT2D eigenvalue weighted by Gasteiger charge is 2.27. The topological polar surface area (TPSA) is 79.4 Å². The van der Waals surface area contributed by atoms with Gasteiger partial charge in [0.25, 0.3) is 5.91 Å². The van der Waals surface area contributed by atoms with Gasteiger partial charge < -0.3 is 4.90 Å². The number of thiazole rings is 1. The molecule has 0 spiro atoms. The minimum Gasteiger partial charge on any atom is -0.338 e. The predicted molar refractivity (Wildman–Crippen MR) is 123 cm³/mol. The third-order valence-corrected chi connectivity index (χ3v) is 8.40. The van der Waals surface area contributed by atoms with Crippen LogP contribution in [-0.4, -0.2) is 50.1 Å². The van der Waals surface area contributed by atoms with Gasteiger partial charge in [0, 0.05) is 35.5 Å². The number of sulfonamides is 1. The van der Waals surface area contributed by atoms with Crippen molar-refractivity contribution in [2.75, 3.05) is 25.9 Å². The van der Waals surface area contributed by atoms with Gasteiger partial charge in [-0.1, -0.05) is 11.6 Å². The molecule has 1 saturated heterocycles. The van der Waals surface area contributed by atoms with Gasteiger partial charge in [0.1, 0.15) is 0 Å². The van der Waals surface area contributed by atoms with E-state index in [0.717, 1.165) is 39.2 Å². The third-order valence-electron chi connectivity index (χ3n) is 5.11. The quantitative estimate of drug-likeness (QED) is 0.571. The fourth-order valence-corrected chi connectivity index (χ4v) is 6.30. The fourth-order valence-electron chi connectivity index (χ4n) is 3.57. The second-order valence-electron chi connectivity index (χ2n) is 7.41. The van der Waals surface area contributed by atoms with Crippen molar-refractivity contribution >= 4 is 60.4 Å². The Labute approximate surface area is 188 Å². The summed E-state index contributed by atoms with van der Waals surface area (Å²) in [4.78, 5) is 21.2. The molecule has 1 aromatic carbocycles. The minimum absolute atomic E-state index is 0.0526. The Balaban J connectivity index is 1.34. The molecular formula is C20H22ClN3O3S3. The second-order valence-corrected chi connectivity index (χ2v) is 11.9. The van der Waals surface area contributed by atoms with E-state index in [9.17, 15) is 13.2 Å². The van der Waals surface area contributed by atoms with Crippen molar-refractivity contribution in [2.45, 2.75) is 25.2 Å². The number of fused-ring (bicyclic) bond motifs is 1. The van der Waals surface area contributed by atoms with Crippen molar-refractivity contribution in [3.05, 3.63) is 50.1 Å². The Morgan fingerprint density at radius 3 is 2.73 bits per heavy atom. The average molecular weight is 484 g/mol. The van der Waals surface area contributed by atoms with E-state index in [-0.39, 0.29) is 5.91 Å². The largest absolute Gasteiger partial charge is 0.338 e. The lowest BCUT2D eigenvalue weighted by atomic mass is 9.97. The van der Waals surface area contributed by atoms with Gasteiger partial charge in [-0.3, -0.25) is 4.79 Å². The van der Waals surface area contributed by atoms with E-state index >= 15 is 0 Å². The van der Waals surface area contributed by atoms with Crippen LogP contribution in [0.1, 0.15) is 38.3 Å². The first-order valence-corrected chi connectivity index (χ1v) is 13.6. The maximum absolute atomic E-state index is 12.9. The molecule has 6 nitrogen and oxygen atoms in total. The Kier molecular flexibility index (Phi) is 6.45. The van der Waals surface area contributed by atoms with Crippen LogP contribution >= 0.6 is 34.3 Å². The molecule has 1 aliphatic rings. The Bertz CT molecular complexity index is 1160. The van der Waals surface area contributed by atoms with E-state index in [2.05, 4.69) is 4.72 Å². The van der Waals surface area contributed by atoms with Crippen LogP contribution in [0, 0.1) is 0 Å². The number of thiophene rings is 1. The first-order chi connectivity index (χ1) is 14.3. The molecule has 0 aliphatic carbocycles. The summed E-state index contributed by atoms with van der Waals surface area (Å²) in [5.74, 6) is 0.419. The number of piperidine rings is 1. The van der Waals surface area contributed by atoms with E-state index in [1.165, 1.54) is 11.3 Å². The van der Waals surface area contributed by atoms with Crippen LogP contribution in [0.15, 0.2) is 30.3 Å². The summed E-state index contributed by atoms with van der Waals surface area (Å²) in [7, 11) is -3.19. The number of aromatic nitrogens is 1. The number of nitrogens with zero attached hydrogens (tertiary/aromatic N) is 2. The van der Waals surface area contributed by atoms with E-state index in [4.69, 9.17) is 16.6 Å². The van der Waals surface area contributed by atoms with Gasteiger partial charge in [0.2, 0.25) is 10.0 Å². The van der Waals surface area contributed by atoms with Crippen LogP contribution in [0.4, 0.5) is 0 Å². The van der Waals surface area contributed by atoms with Gasteiger partial charge in [-0.25, -0.2) is 18.1 Å². The molecule has 0 bridgehead atoms. The zero-order chi connectivity index (χ0) is 21.3. The van der Waals surface area contributed by atoms with Gasteiger partial charge in [-0.2, -0.15) is 0 Å². The number of carbonyl (C=O) groups is 1. The molecule has 30 heavy (non-hydrogen) atoms. The highest BCUT2D eigenvalue weighted by atomic mass is 35.5. The zero-order valence-corrected chi connectivity index (χ0v) is 19.6. The van der Waals surface area contributed by atoms with Gasteiger partial charge in [0.05, 0.1) is 26.4 Å². The van der Waals surface area contributed by atoms with Crippen LogP contribution in [0.25, 0.3) is 10.2 Å². The molecule has 10 heteroatoms. The molecule has 0 unspecified atom stereocenters. The standard InChI is InChI=1S/C20H22ClN3O3S3/c1-30(26,27)22-9-6-15-3-5-18(28-15)20(25)24-10-7-13(8-11-24)19-23-16-12-14(21)2-4-17(16)29-19/h2-5,12-13,22H,6-11H2,1H3. The molecule has 0 atom stereocenters. The summed E-state index contributed by atoms with van der Waals surface area (Å²) >= 11 is 9.22. The molecule has 1 aliphatic heterocycles. The van der Waals surface area contributed by atoms with Crippen molar-refractivity contribution < 1.29 is 13.2 Å². The van der Waals surface area contributed by atoms with E-state index in [1.54, 1.807) is 11.3 Å². The smallest absolute Gasteiger partial charge is 0.263 e. The number of benzene rings is 1. The first kappa shape index (κ1) is 21.7. The number of nitrogens with one attached hydrogen (secondary N) is 1. The minimum atomic E-state index is -3.19. The summed E-state index contributed by atoms with van der Waals surface area (Å²) in [5, 5.41) is 1.82. The summed E-state index contributed by atoms with van der Waals surface area (Å²) in [6, 6.07) is 9.54. The number of carbonyl (C=O) groups excluding carboxylic acids is 1. The molecule has 1 N–H and O–H groups in total. The van der Waals surface area contributed by atoms with Crippen molar-refractivity contribution in [3.8, 4) is 0 Å². The van der Waals surface area contributed by atoms with Crippen LogP contribution in [0.2, 0.25) is 5.02 Å². The number of likely N-dealkylation sites (tertiary alicyclic amines) is 1. The summed E-state index contributed by atoms with van der Waals surface area (Å²) < 4.78 is 25.9. The van der Waals surface area contributed by atoms with Crippen molar-refractivity contribution in [3.63, 3.8) is 0 Å². The van der Waals surface area contributed by atoms with Crippen LogP contribution in [0.3, 0.4) is 0 Å². The SMILES string of the molecule is CS(=O)(=O)NCCc1ccc(C(=O)N2CCC(c3nc4cc(Cl)ccc4s3)CC2)s1. The summed E-state index contributed by atoms with van der Waals surface area (Å²) in [6.45, 7) is 1.76. The molecule has 3 heterocycles. The first-order valence-electron chi connectivity index (χ1n) is 9.67. The fraction of sp³-hybridized carbons (Fsp3) is 0.400. The maximum atomic E-state index is 12.9. The Morgan fingerprint density at radius 1 is 1.23 bits per heavy atom. The van der Waals surface area contributed by atoms with Gasteiger partial charge in [-0.05, 0) is 49.6 Å². The number of rotatable bonds is 6. The van der Waals surface area contributed by atoms with Crippen molar-refractivity contribution in [1.82, 2.24) is 14.6 Å². The zero-order valence-electron chi connectivity index (χ0n) is 16.4. The molecule has 4 rings (SSSR count). The van der Waals surface area contributed by atoms with Crippen molar-refractivity contribution in [2.24, 2.45) is 0 Å². The van der Waals surface area contributed by atoms with Crippen LogP contribution in [0.5, 0.6) is 0 Å². The van der Waals surface area contributed by atoms with Crippen LogP contribution in [-0.2, 0) is 16.4 Å². The highest BCUT2D eigenvalue weighted by Crippen LogP contribution is 2.35. The number of hydrogen-bond acceptors (Lipinski definition) is 6. The maximum Gasteiger partial charge on any atom is 0.263 e. The Hall–Kier alpha value is -1.52. The molecule has 3 aromatic rings. The summed E-state index contributed by atoms with van der Waals surface area (Å²) in [6.07, 6.45) is 3.52. The highest BCUT2D eigenvalue weighted by molar-refractivity contribution is 7.88. The molecule has 0 radical (unpaired) electrons. The molecule has 0 saturated carbocycles. The number of hydrogen-bond donors (Lipinski definition) is 1. The van der Waals surface area contributed by atoms with Gasteiger partial charge in [-0.15, -0.1) is 22.7 Å². The second kappa shape index (κ2) is 8.92. The lowest BCUT2D eigenvalue weighted by Gasteiger charge is -2.30. The van der Waals surface area contributed by atoms with E-state index in [1.807, 2.05) is 35.2 Å². The molecule has 2 aromatic heterocycles. The van der Waals surface area contributed by atoms with Crippen LogP contribution < -0.4 is 4.72 Å². The molecular weight excluding hydrogens is 462 g/mol. The summed E-state index contributed by atoms with van der Waals surface area (Å²) in [5.41, 5.74) is 0.942. The van der Waals surface area contributed by atoms with Gasteiger partial charge >= 0.3 is 0 Å². The average Bonchev–Trinajstić information content (AvgIpc) is 3.33. The van der Waals surface area contributed by atoms with Crippen molar-refractivity contribution in [1.29, 1.82) is 0 Å².